The average molecular weight is 287 g/mol. The van der Waals surface area contributed by atoms with Crippen LogP contribution in [0.25, 0.3) is 0 Å². The largest absolute Gasteiger partial charge is 0.491 e. The van der Waals surface area contributed by atoms with Crippen LogP contribution in [0.4, 0.5) is 6.01 Å². The molecule has 5 nitrogen and oxygen atoms in total. The van der Waals surface area contributed by atoms with Crippen molar-refractivity contribution >= 4 is 6.01 Å². The summed E-state index contributed by atoms with van der Waals surface area (Å²) in [7, 11) is 0. The van der Waals surface area contributed by atoms with Gasteiger partial charge >= 0.3 is 0 Å². The summed E-state index contributed by atoms with van der Waals surface area (Å²) >= 11 is 0. The number of aromatic nitrogens is 1. The van der Waals surface area contributed by atoms with Crippen LogP contribution in [0, 0.1) is 0 Å². The number of anilines is 1. The molecule has 3 rings (SSSR count). The first-order valence-corrected chi connectivity index (χ1v) is 7.47. The normalized spacial score (nSPS) is 14.4. The third kappa shape index (κ3) is 3.36. The Hall–Kier alpha value is -2.01. The summed E-state index contributed by atoms with van der Waals surface area (Å²) in [5.41, 5.74) is 2.11. The molecule has 1 aromatic heterocycles. The first-order chi connectivity index (χ1) is 10.4. The van der Waals surface area contributed by atoms with E-state index in [1.165, 1.54) is 5.56 Å². The van der Waals surface area contributed by atoms with Gasteiger partial charge in [0.15, 0.2) is 0 Å². The van der Waals surface area contributed by atoms with Crippen molar-refractivity contribution in [3.63, 3.8) is 0 Å². The van der Waals surface area contributed by atoms with Gasteiger partial charge < -0.3 is 19.4 Å². The van der Waals surface area contributed by atoms with E-state index >= 15 is 0 Å². The summed E-state index contributed by atoms with van der Waals surface area (Å²) in [5.74, 6) is 0.955. The second-order valence-corrected chi connectivity index (χ2v) is 5.18. The molecule has 0 bridgehead atoms. The van der Waals surface area contributed by atoms with Crippen LogP contribution in [0.5, 0.6) is 5.75 Å². The van der Waals surface area contributed by atoms with Crippen molar-refractivity contribution in [2.45, 2.75) is 26.4 Å². The summed E-state index contributed by atoms with van der Waals surface area (Å²) in [6.45, 7) is 6.07. The van der Waals surface area contributed by atoms with Crippen LogP contribution < -0.4 is 15.0 Å². The number of benzene rings is 1. The third-order valence-electron chi connectivity index (χ3n) is 3.50. The monoisotopic (exact) mass is 287 g/mol. The number of ether oxygens (including phenoxy) is 1. The molecule has 0 amide bonds. The molecule has 0 aliphatic carbocycles. The predicted octanol–water partition coefficient (Wildman–Crippen LogP) is 2.57. The molecule has 0 saturated heterocycles. The minimum absolute atomic E-state index is 0.642. The van der Waals surface area contributed by atoms with Gasteiger partial charge in [-0.05, 0) is 19.0 Å². The molecular formula is C16H21N3O2. The van der Waals surface area contributed by atoms with Crippen LogP contribution in [0.2, 0.25) is 0 Å². The Morgan fingerprint density at radius 2 is 2.24 bits per heavy atom. The minimum Gasteiger partial charge on any atom is -0.491 e. The van der Waals surface area contributed by atoms with Crippen molar-refractivity contribution in [2.75, 3.05) is 24.6 Å². The second-order valence-electron chi connectivity index (χ2n) is 5.18. The zero-order valence-corrected chi connectivity index (χ0v) is 12.3. The Kier molecular flexibility index (Phi) is 4.40. The molecule has 1 N–H and O–H groups in total. The van der Waals surface area contributed by atoms with E-state index in [0.717, 1.165) is 44.0 Å². The van der Waals surface area contributed by atoms with Crippen LogP contribution >= 0.6 is 0 Å². The molecule has 2 aromatic rings. The Bertz CT molecular complexity index is 582. The number of para-hydroxylation sites is 1. The van der Waals surface area contributed by atoms with Gasteiger partial charge in [0.2, 0.25) is 0 Å². The highest BCUT2D eigenvalue weighted by molar-refractivity contribution is 5.39. The Labute approximate surface area is 124 Å². The van der Waals surface area contributed by atoms with E-state index in [-0.39, 0.29) is 0 Å². The third-order valence-corrected chi connectivity index (χ3v) is 3.50. The van der Waals surface area contributed by atoms with Crippen LogP contribution in [0.15, 0.2) is 34.9 Å². The smallest absolute Gasteiger partial charge is 0.297 e. The Morgan fingerprint density at radius 3 is 3.14 bits per heavy atom. The van der Waals surface area contributed by atoms with Crippen LogP contribution in [0.3, 0.4) is 0 Å². The minimum atomic E-state index is 0.642. The Balaban J connectivity index is 1.69. The lowest BCUT2D eigenvalue weighted by Gasteiger charge is -2.16. The van der Waals surface area contributed by atoms with Crippen molar-refractivity contribution < 1.29 is 9.15 Å². The maximum Gasteiger partial charge on any atom is 0.297 e. The molecule has 1 aliphatic rings. The van der Waals surface area contributed by atoms with E-state index in [9.17, 15) is 0 Å². The molecule has 112 valence electrons. The van der Waals surface area contributed by atoms with Crippen LogP contribution in [-0.2, 0) is 13.1 Å². The topological polar surface area (TPSA) is 50.5 Å². The zero-order chi connectivity index (χ0) is 14.5. The molecule has 0 fully saturated rings. The zero-order valence-electron chi connectivity index (χ0n) is 12.3. The van der Waals surface area contributed by atoms with Crippen molar-refractivity contribution in [2.24, 2.45) is 0 Å². The molecule has 0 radical (unpaired) electrons. The summed E-state index contributed by atoms with van der Waals surface area (Å²) in [4.78, 5) is 6.68. The number of hydrogen-bond donors (Lipinski definition) is 1. The van der Waals surface area contributed by atoms with Gasteiger partial charge in [-0.1, -0.05) is 25.1 Å². The summed E-state index contributed by atoms with van der Waals surface area (Å²) in [6.07, 6.45) is 2.85. The highest BCUT2D eigenvalue weighted by atomic mass is 16.5. The van der Waals surface area contributed by atoms with Crippen molar-refractivity contribution in [1.29, 1.82) is 0 Å². The summed E-state index contributed by atoms with van der Waals surface area (Å²) in [5, 5.41) is 3.33. The Morgan fingerprint density at radius 1 is 1.33 bits per heavy atom. The molecule has 0 spiro atoms. The maximum absolute atomic E-state index is 5.76. The van der Waals surface area contributed by atoms with Gasteiger partial charge in [0.1, 0.15) is 18.6 Å². The quantitative estimate of drug-likeness (QED) is 0.857. The van der Waals surface area contributed by atoms with E-state index in [0.29, 0.717) is 12.6 Å². The van der Waals surface area contributed by atoms with Crippen LogP contribution in [0.1, 0.15) is 24.6 Å². The number of hydrogen-bond acceptors (Lipinski definition) is 5. The summed E-state index contributed by atoms with van der Waals surface area (Å²) < 4.78 is 11.4. The van der Waals surface area contributed by atoms with Crippen LogP contribution in [-0.4, -0.2) is 24.7 Å². The number of oxazole rings is 1. The molecule has 21 heavy (non-hydrogen) atoms. The fraction of sp³-hybridized carbons (Fsp3) is 0.438. The average Bonchev–Trinajstić information content (AvgIpc) is 2.86. The lowest BCUT2D eigenvalue weighted by atomic mass is 10.2. The van der Waals surface area contributed by atoms with E-state index in [4.69, 9.17) is 9.15 Å². The molecule has 0 saturated carbocycles. The molecular weight excluding hydrogens is 266 g/mol. The summed E-state index contributed by atoms with van der Waals surface area (Å²) in [6, 6.07) is 8.79. The maximum atomic E-state index is 5.76. The molecule has 0 unspecified atom stereocenters. The van der Waals surface area contributed by atoms with E-state index in [2.05, 4.69) is 28.2 Å². The first-order valence-electron chi connectivity index (χ1n) is 7.47. The lowest BCUT2D eigenvalue weighted by Crippen LogP contribution is -2.25. The van der Waals surface area contributed by atoms with Gasteiger partial charge in [-0.3, -0.25) is 0 Å². The molecule has 2 heterocycles. The fourth-order valence-electron chi connectivity index (χ4n) is 2.40. The number of rotatable bonds is 5. The number of nitrogens with one attached hydrogen (secondary N) is 1. The van der Waals surface area contributed by atoms with E-state index in [1.807, 2.05) is 18.2 Å². The van der Waals surface area contributed by atoms with Gasteiger partial charge in [-0.2, -0.15) is 4.98 Å². The highest BCUT2D eigenvalue weighted by Crippen LogP contribution is 2.25. The van der Waals surface area contributed by atoms with Gasteiger partial charge in [-0.15, -0.1) is 0 Å². The van der Waals surface area contributed by atoms with Crippen molar-refractivity contribution in [3.05, 3.63) is 41.8 Å². The molecule has 0 atom stereocenters. The molecule has 5 heteroatoms. The standard InChI is InChI=1S/C16H21N3O2/c1-2-7-17-10-14-12-21-16(18-14)19-8-9-20-15-6-4-3-5-13(15)11-19/h3-6,12,17H,2,7-11H2,1H3. The van der Waals surface area contributed by atoms with Crippen molar-refractivity contribution in [3.8, 4) is 5.75 Å². The van der Waals surface area contributed by atoms with Gasteiger partial charge in [0.05, 0.1) is 18.8 Å². The first kappa shape index (κ1) is 13.9. The van der Waals surface area contributed by atoms with Crippen molar-refractivity contribution in [1.82, 2.24) is 10.3 Å². The molecule has 1 aromatic carbocycles. The van der Waals surface area contributed by atoms with Gasteiger partial charge in [0, 0.05) is 12.1 Å². The second kappa shape index (κ2) is 6.63. The van der Waals surface area contributed by atoms with Gasteiger partial charge in [-0.25, -0.2) is 0 Å². The fourth-order valence-corrected chi connectivity index (χ4v) is 2.40. The SMILES string of the molecule is CCCNCc1coc(N2CCOc3ccccc3C2)n1. The molecule has 1 aliphatic heterocycles. The van der Waals surface area contributed by atoms with E-state index in [1.54, 1.807) is 6.26 Å². The lowest BCUT2D eigenvalue weighted by molar-refractivity contribution is 0.329. The highest BCUT2D eigenvalue weighted by Gasteiger charge is 2.19. The predicted molar refractivity (Wildman–Crippen MR) is 81.5 cm³/mol. The number of fused-ring (bicyclic) bond motifs is 1. The van der Waals surface area contributed by atoms with E-state index < -0.39 is 0 Å². The number of nitrogens with zero attached hydrogens (tertiary/aromatic N) is 2. The van der Waals surface area contributed by atoms with Gasteiger partial charge in [0.25, 0.3) is 6.01 Å².